The summed E-state index contributed by atoms with van der Waals surface area (Å²) in [6, 6.07) is 9.58. The minimum atomic E-state index is -3.68. The first-order chi connectivity index (χ1) is 15.7. The van der Waals surface area contributed by atoms with Crippen LogP contribution in [0.25, 0.3) is 0 Å². The zero-order chi connectivity index (χ0) is 24.2. The first-order valence-corrected chi connectivity index (χ1v) is 12.3. The molecule has 0 unspecified atom stereocenters. The van der Waals surface area contributed by atoms with Gasteiger partial charge < -0.3 is 19.5 Å². The maximum Gasteiger partial charge on any atom is 0.251 e. The van der Waals surface area contributed by atoms with Crippen LogP contribution in [0, 0.1) is 11.8 Å². The monoisotopic (exact) mass is 476 g/mol. The topological polar surface area (TPSA) is 94.2 Å². The highest BCUT2D eigenvalue weighted by Crippen LogP contribution is 2.34. The standard InChI is InChI=1S/C24H32N2O6S/c1-16-9-17(2)15-26(14-16)33(28,29)20-8-6-7-18(10-20)24(27)25-13-19-11-22(31-4)23(32-5)12-21(19)30-3/h6-8,10-12,16-17H,9,13-15H2,1-5H3,(H,25,27)/t16-,17-/m0/s1. The van der Waals surface area contributed by atoms with E-state index in [9.17, 15) is 13.2 Å². The van der Waals surface area contributed by atoms with Crippen molar-refractivity contribution in [1.82, 2.24) is 9.62 Å². The predicted octanol–water partition coefficient (Wildman–Crippen LogP) is 3.31. The van der Waals surface area contributed by atoms with Gasteiger partial charge in [0, 0.05) is 36.8 Å². The van der Waals surface area contributed by atoms with Crippen LogP contribution >= 0.6 is 0 Å². The molecule has 9 heteroatoms. The van der Waals surface area contributed by atoms with Crippen molar-refractivity contribution in [1.29, 1.82) is 0 Å². The van der Waals surface area contributed by atoms with Gasteiger partial charge in [-0.3, -0.25) is 4.79 Å². The second-order valence-corrected chi connectivity index (χ2v) is 10.4. The number of nitrogens with zero attached hydrogens (tertiary/aromatic N) is 1. The zero-order valence-electron chi connectivity index (χ0n) is 19.8. The number of carbonyl (C=O) groups excluding carboxylic acids is 1. The lowest BCUT2D eigenvalue weighted by molar-refractivity contribution is 0.0950. The molecular weight excluding hydrogens is 444 g/mol. The van der Waals surface area contributed by atoms with Gasteiger partial charge in [0.05, 0.1) is 26.2 Å². The van der Waals surface area contributed by atoms with E-state index in [1.54, 1.807) is 24.3 Å². The molecular formula is C24H32N2O6S. The third-order valence-electron chi connectivity index (χ3n) is 5.80. The molecule has 1 aliphatic heterocycles. The molecule has 0 aliphatic carbocycles. The van der Waals surface area contributed by atoms with E-state index in [1.165, 1.54) is 37.8 Å². The van der Waals surface area contributed by atoms with Gasteiger partial charge in [0.2, 0.25) is 10.0 Å². The molecule has 1 amide bonds. The molecule has 0 aromatic heterocycles. The minimum absolute atomic E-state index is 0.125. The van der Waals surface area contributed by atoms with Crippen LogP contribution in [0.4, 0.5) is 0 Å². The quantitative estimate of drug-likeness (QED) is 0.628. The van der Waals surface area contributed by atoms with Crippen LogP contribution < -0.4 is 19.5 Å². The average molecular weight is 477 g/mol. The van der Waals surface area contributed by atoms with Crippen LogP contribution in [-0.2, 0) is 16.6 Å². The van der Waals surface area contributed by atoms with Gasteiger partial charge in [-0.05, 0) is 42.5 Å². The van der Waals surface area contributed by atoms with Crippen LogP contribution in [0.2, 0.25) is 0 Å². The van der Waals surface area contributed by atoms with Crippen molar-refractivity contribution in [2.75, 3.05) is 34.4 Å². The summed E-state index contributed by atoms with van der Waals surface area (Å²) >= 11 is 0. The molecule has 1 saturated heterocycles. The highest BCUT2D eigenvalue weighted by Gasteiger charge is 2.32. The highest BCUT2D eigenvalue weighted by atomic mass is 32.2. The number of nitrogens with one attached hydrogen (secondary N) is 1. The normalized spacial score (nSPS) is 19.1. The third kappa shape index (κ3) is 5.59. The Morgan fingerprint density at radius 3 is 2.18 bits per heavy atom. The Hall–Kier alpha value is -2.78. The van der Waals surface area contributed by atoms with Gasteiger partial charge in [-0.2, -0.15) is 4.31 Å². The van der Waals surface area contributed by atoms with Crippen molar-refractivity contribution in [3.63, 3.8) is 0 Å². The largest absolute Gasteiger partial charge is 0.496 e. The van der Waals surface area contributed by atoms with E-state index in [4.69, 9.17) is 14.2 Å². The number of hydrogen-bond donors (Lipinski definition) is 1. The Labute approximate surface area is 195 Å². The van der Waals surface area contributed by atoms with Gasteiger partial charge >= 0.3 is 0 Å². The van der Waals surface area contributed by atoms with Crippen molar-refractivity contribution in [2.24, 2.45) is 11.8 Å². The summed E-state index contributed by atoms with van der Waals surface area (Å²) in [6.45, 7) is 5.26. The second-order valence-electron chi connectivity index (χ2n) is 8.50. The number of rotatable bonds is 8. The minimum Gasteiger partial charge on any atom is -0.496 e. The summed E-state index contributed by atoms with van der Waals surface area (Å²) in [5.41, 5.74) is 0.970. The molecule has 180 valence electrons. The molecule has 0 saturated carbocycles. The molecule has 2 atom stereocenters. The second kappa shape index (κ2) is 10.4. The van der Waals surface area contributed by atoms with Gasteiger partial charge in [-0.1, -0.05) is 19.9 Å². The molecule has 1 N–H and O–H groups in total. The van der Waals surface area contributed by atoms with E-state index in [1.807, 2.05) is 0 Å². The van der Waals surface area contributed by atoms with E-state index in [-0.39, 0.29) is 22.9 Å². The fourth-order valence-electron chi connectivity index (χ4n) is 4.26. The van der Waals surface area contributed by atoms with Crippen molar-refractivity contribution in [2.45, 2.75) is 31.7 Å². The molecule has 1 fully saturated rings. The predicted molar refractivity (Wildman–Crippen MR) is 125 cm³/mol. The lowest BCUT2D eigenvalue weighted by Gasteiger charge is -2.34. The van der Waals surface area contributed by atoms with E-state index in [0.29, 0.717) is 47.7 Å². The molecule has 0 radical (unpaired) electrons. The Balaban J connectivity index is 1.78. The van der Waals surface area contributed by atoms with Crippen LogP contribution in [0.3, 0.4) is 0 Å². The zero-order valence-corrected chi connectivity index (χ0v) is 20.6. The number of benzene rings is 2. The lowest BCUT2D eigenvalue weighted by atomic mass is 9.94. The van der Waals surface area contributed by atoms with E-state index in [2.05, 4.69) is 19.2 Å². The third-order valence-corrected chi connectivity index (χ3v) is 7.62. The molecule has 0 bridgehead atoms. The fourth-order valence-corrected chi connectivity index (χ4v) is 5.98. The molecule has 3 rings (SSSR count). The summed E-state index contributed by atoms with van der Waals surface area (Å²) < 4.78 is 43.9. The van der Waals surface area contributed by atoms with Crippen LogP contribution in [0.15, 0.2) is 41.3 Å². The van der Waals surface area contributed by atoms with Crippen LogP contribution in [0.1, 0.15) is 36.2 Å². The molecule has 1 heterocycles. The van der Waals surface area contributed by atoms with Gasteiger partial charge in [0.1, 0.15) is 5.75 Å². The smallest absolute Gasteiger partial charge is 0.251 e. The fraction of sp³-hybridized carbons (Fsp3) is 0.458. The lowest BCUT2D eigenvalue weighted by Crippen LogP contribution is -2.42. The van der Waals surface area contributed by atoms with E-state index < -0.39 is 10.0 Å². The summed E-state index contributed by atoms with van der Waals surface area (Å²) in [7, 11) is 0.918. The maximum atomic E-state index is 13.2. The Morgan fingerprint density at radius 1 is 0.970 bits per heavy atom. The Bertz CT molecular complexity index is 1090. The summed E-state index contributed by atoms with van der Waals surface area (Å²) in [5.74, 6) is 1.78. The molecule has 1 aliphatic rings. The number of sulfonamides is 1. The molecule has 0 spiro atoms. The molecule has 2 aromatic carbocycles. The van der Waals surface area contributed by atoms with Gasteiger partial charge in [0.25, 0.3) is 5.91 Å². The molecule has 8 nitrogen and oxygen atoms in total. The first-order valence-electron chi connectivity index (χ1n) is 10.9. The number of amides is 1. The number of methoxy groups -OCH3 is 3. The van der Waals surface area contributed by atoms with Gasteiger partial charge in [-0.25, -0.2) is 8.42 Å². The van der Waals surface area contributed by atoms with Crippen molar-refractivity contribution in [3.05, 3.63) is 47.5 Å². The van der Waals surface area contributed by atoms with Gasteiger partial charge in [0.15, 0.2) is 11.5 Å². The number of carbonyl (C=O) groups is 1. The van der Waals surface area contributed by atoms with Gasteiger partial charge in [-0.15, -0.1) is 0 Å². The SMILES string of the molecule is COc1cc(OC)c(OC)cc1CNC(=O)c1cccc(S(=O)(=O)N2C[C@@H](C)C[C@H](C)C2)c1. The van der Waals surface area contributed by atoms with E-state index in [0.717, 1.165) is 6.42 Å². The summed E-state index contributed by atoms with van der Waals surface area (Å²) in [4.78, 5) is 13.0. The van der Waals surface area contributed by atoms with Crippen LogP contribution in [-0.4, -0.2) is 53.0 Å². The highest BCUT2D eigenvalue weighted by molar-refractivity contribution is 7.89. The van der Waals surface area contributed by atoms with Crippen molar-refractivity contribution >= 4 is 15.9 Å². The first kappa shape index (κ1) is 24.9. The maximum absolute atomic E-state index is 13.2. The van der Waals surface area contributed by atoms with E-state index >= 15 is 0 Å². The molecule has 2 aromatic rings. The van der Waals surface area contributed by atoms with Crippen molar-refractivity contribution < 1.29 is 27.4 Å². The van der Waals surface area contributed by atoms with Crippen LogP contribution in [0.5, 0.6) is 17.2 Å². The average Bonchev–Trinajstić information content (AvgIpc) is 2.81. The number of ether oxygens (including phenoxy) is 3. The molecule has 33 heavy (non-hydrogen) atoms. The Morgan fingerprint density at radius 2 is 1.58 bits per heavy atom. The number of hydrogen-bond acceptors (Lipinski definition) is 6. The van der Waals surface area contributed by atoms with Crippen molar-refractivity contribution in [3.8, 4) is 17.2 Å². The number of piperidine rings is 1. The summed E-state index contributed by atoms with van der Waals surface area (Å²) in [6.07, 6.45) is 1.01. The Kier molecular flexibility index (Phi) is 7.86. The summed E-state index contributed by atoms with van der Waals surface area (Å²) in [5, 5.41) is 2.83.